The van der Waals surface area contributed by atoms with E-state index in [9.17, 15) is 0 Å². The van der Waals surface area contributed by atoms with E-state index >= 15 is 0 Å². The number of hydrogen-bond donors (Lipinski definition) is 0. The first-order valence-corrected chi connectivity index (χ1v) is 7.55. The molecule has 1 heterocycles. The van der Waals surface area contributed by atoms with Gasteiger partial charge in [-0.05, 0) is 37.2 Å². The average molecular weight is 274 g/mol. The summed E-state index contributed by atoms with van der Waals surface area (Å²) in [7, 11) is 0. The standard InChI is InChI=1S/C16H16ClNO/c17-9-14-15(18-19-16(14)11-7-8-11)13-4-2-1-3-12(13)10-5-6-10/h1-4,10-11H,5-9H2. The van der Waals surface area contributed by atoms with Crippen LogP contribution in [-0.4, -0.2) is 5.16 Å². The predicted molar refractivity (Wildman–Crippen MR) is 75.4 cm³/mol. The van der Waals surface area contributed by atoms with Gasteiger partial charge in [-0.25, -0.2) is 0 Å². The summed E-state index contributed by atoms with van der Waals surface area (Å²) in [6, 6.07) is 8.55. The Morgan fingerprint density at radius 2 is 1.84 bits per heavy atom. The number of nitrogens with zero attached hydrogens (tertiary/aromatic N) is 1. The number of benzene rings is 1. The van der Waals surface area contributed by atoms with E-state index in [1.54, 1.807) is 0 Å². The maximum atomic E-state index is 6.15. The maximum absolute atomic E-state index is 6.15. The molecule has 1 aromatic heterocycles. The van der Waals surface area contributed by atoms with Crippen LogP contribution < -0.4 is 0 Å². The molecule has 2 aliphatic rings. The molecule has 2 saturated carbocycles. The molecule has 0 amide bonds. The molecule has 2 aromatic rings. The van der Waals surface area contributed by atoms with Crippen LogP contribution in [0.5, 0.6) is 0 Å². The summed E-state index contributed by atoms with van der Waals surface area (Å²) in [6.07, 6.45) is 5.01. The Labute approximate surface area is 117 Å². The van der Waals surface area contributed by atoms with Gasteiger partial charge in [0.2, 0.25) is 0 Å². The highest BCUT2D eigenvalue weighted by atomic mass is 35.5. The van der Waals surface area contributed by atoms with Crippen LogP contribution in [0, 0.1) is 0 Å². The smallest absolute Gasteiger partial charge is 0.144 e. The molecule has 0 radical (unpaired) electrons. The first kappa shape index (κ1) is 11.5. The van der Waals surface area contributed by atoms with Crippen molar-refractivity contribution in [3.8, 4) is 11.3 Å². The van der Waals surface area contributed by atoms with Gasteiger partial charge in [0.15, 0.2) is 0 Å². The fraction of sp³-hybridized carbons (Fsp3) is 0.438. The van der Waals surface area contributed by atoms with Crippen molar-refractivity contribution in [1.29, 1.82) is 0 Å². The van der Waals surface area contributed by atoms with Crippen LogP contribution in [0.15, 0.2) is 28.8 Å². The summed E-state index contributed by atoms with van der Waals surface area (Å²) >= 11 is 6.15. The van der Waals surface area contributed by atoms with Crippen LogP contribution in [0.25, 0.3) is 11.3 Å². The topological polar surface area (TPSA) is 26.0 Å². The van der Waals surface area contributed by atoms with Gasteiger partial charge in [-0.3, -0.25) is 0 Å². The van der Waals surface area contributed by atoms with E-state index in [1.807, 2.05) is 0 Å². The van der Waals surface area contributed by atoms with E-state index in [4.69, 9.17) is 16.1 Å². The maximum Gasteiger partial charge on any atom is 0.144 e. The van der Waals surface area contributed by atoms with Crippen molar-refractivity contribution in [3.63, 3.8) is 0 Å². The first-order valence-electron chi connectivity index (χ1n) is 7.02. The van der Waals surface area contributed by atoms with E-state index in [1.165, 1.54) is 36.8 Å². The van der Waals surface area contributed by atoms with Crippen LogP contribution in [0.3, 0.4) is 0 Å². The Kier molecular flexibility index (Phi) is 2.66. The molecule has 19 heavy (non-hydrogen) atoms. The molecule has 4 rings (SSSR count). The molecule has 3 heteroatoms. The molecule has 2 aliphatic carbocycles. The zero-order chi connectivity index (χ0) is 12.8. The van der Waals surface area contributed by atoms with Crippen LogP contribution in [0.2, 0.25) is 0 Å². The number of rotatable bonds is 4. The lowest BCUT2D eigenvalue weighted by Crippen LogP contribution is -1.91. The van der Waals surface area contributed by atoms with Gasteiger partial charge in [-0.2, -0.15) is 0 Å². The third-order valence-electron chi connectivity index (χ3n) is 4.13. The Hall–Kier alpha value is -1.28. The average Bonchev–Trinajstić information content (AvgIpc) is 3.35. The fourth-order valence-corrected chi connectivity index (χ4v) is 3.05. The Morgan fingerprint density at radius 1 is 1.11 bits per heavy atom. The van der Waals surface area contributed by atoms with E-state index in [0.29, 0.717) is 17.7 Å². The van der Waals surface area contributed by atoms with Gasteiger partial charge in [0.05, 0.1) is 5.88 Å². The van der Waals surface area contributed by atoms with Gasteiger partial charge < -0.3 is 4.52 Å². The van der Waals surface area contributed by atoms with Crippen LogP contribution in [0.4, 0.5) is 0 Å². The highest BCUT2D eigenvalue weighted by Crippen LogP contribution is 2.47. The summed E-state index contributed by atoms with van der Waals surface area (Å²) in [5.41, 5.74) is 4.71. The van der Waals surface area contributed by atoms with E-state index in [2.05, 4.69) is 29.4 Å². The molecular weight excluding hydrogens is 258 g/mol. The fourth-order valence-electron chi connectivity index (χ4n) is 2.79. The van der Waals surface area contributed by atoms with Crippen molar-refractivity contribution >= 4 is 11.6 Å². The quantitative estimate of drug-likeness (QED) is 0.746. The monoisotopic (exact) mass is 273 g/mol. The zero-order valence-electron chi connectivity index (χ0n) is 10.7. The van der Waals surface area contributed by atoms with Crippen molar-refractivity contribution in [2.75, 3.05) is 0 Å². The largest absolute Gasteiger partial charge is 0.360 e. The molecular formula is C16H16ClNO. The molecule has 0 aliphatic heterocycles. The summed E-state index contributed by atoms with van der Waals surface area (Å²) in [6.45, 7) is 0. The van der Waals surface area contributed by atoms with Crippen molar-refractivity contribution in [2.45, 2.75) is 43.4 Å². The SMILES string of the molecule is ClCc1c(-c2ccccc2C2CC2)noc1C1CC1. The highest BCUT2D eigenvalue weighted by Gasteiger charge is 2.33. The number of hydrogen-bond acceptors (Lipinski definition) is 2. The van der Waals surface area contributed by atoms with Gasteiger partial charge in [0.1, 0.15) is 11.5 Å². The van der Waals surface area contributed by atoms with E-state index in [-0.39, 0.29) is 0 Å². The highest BCUT2D eigenvalue weighted by molar-refractivity contribution is 6.17. The second-order valence-corrected chi connectivity index (χ2v) is 5.91. The lowest BCUT2D eigenvalue weighted by Gasteiger charge is -2.06. The summed E-state index contributed by atoms with van der Waals surface area (Å²) in [4.78, 5) is 0. The van der Waals surface area contributed by atoms with Gasteiger partial charge in [0, 0.05) is 17.0 Å². The van der Waals surface area contributed by atoms with Crippen molar-refractivity contribution in [2.24, 2.45) is 0 Å². The Morgan fingerprint density at radius 3 is 2.53 bits per heavy atom. The molecule has 2 fully saturated rings. The molecule has 0 bridgehead atoms. The summed E-state index contributed by atoms with van der Waals surface area (Å²) in [5, 5.41) is 4.33. The van der Waals surface area contributed by atoms with Gasteiger partial charge in [-0.1, -0.05) is 29.4 Å². The Balaban J connectivity index is 1.83. The third-order valence-corrected chi connectivity index (χ3v) is 4.40. The van der Waals surface area contributed by atoms with Crippen molar-refractivity contribution in [1.82, 2.24) is 5.16 Å². The second-order valence-electron chi connectivity index (χ2n) is 5.64. The zero-order valence-corrected chi connectivity index (χ0v) is 11.5. The van der Waals surface area contributed by atoms with Crippen molar-refractivity contribution in [3.05, 3.63) is 41.2 Å². The molecule has 0 atom stereocenters. The molecule has 0 N–H and O–H groups in total. The minimum Gasteiger partial charge on any atom is -0.360 e. The van der Waals surface area contributed by atoms with E-state index < -0.39 is 0 Å². The number of halogens is 1. The lowest BCUT2D eigenvalue weighted by atomic mass is 9.97. The molecule has 1 aromatic carbocycles. The van der Waals surface area contributed by atoms with Crippen LogP contribution in [0.1, 0.15) is 54.4 Å². The van der Waals surface area contributed by atoms with Gasteiger partial charge in [-0.15, -0.1) is 11.6 Å². The molecule has 0 saturated heterocycles. The summed E-state index contributed by atoms with van der Waals surface area (Å²) < 4.78 is 5.59. The van der Waals surface area contributed by atoms with Gasteiger partial charge >= 0.3 is 0 Å². The Bertz CT molecular complexity index is 611. The summed E-state index contributed by atoms with van der Waals surface area (Å²) in [5.74, 6) is 2.78. The molecule has 0 unspecified atom stereocenters. The molecule has 0 spiro atoms. The normalized spacial score (nSPS) is 18.8. The minimum atomic E-state index is 0.490. The molecule has 2 nitrogen and oxygen atoms in total. The van der Waals surface area contributed by atoms with E-state index in [0.717, 1.165) is 17.0 Å². The van der Waals surface area contributed by atoms with Crippen LogP contribution in [-0.2, 0) is 5.88 Å². The van der Waals surface area contributed by atoms with Crippen LogP contribution >= 0.6 is 11.6 Å². The predicted octanol–water partition coefficient (Wildman–Crippen LogP) is 4.84. The van der Waals surface area contributed by atoms with Gasteiger partial charge in [0.25, 0.3) is 0 Å². The second kappa shape index (κ2) is 4.38. The number of aromatic nitrogens is 1. The number of alkyl halides is 1. The lowest BCUT2D eigenvalue weighted by molar-refractivity contribution is 0.385. The third kappa shape index (κ3) is 1.99. The first-order chi connectivity index (χ1) is 9.38. The molecule has 98 valence electrons. The van der Waals surface area contributed by atoms with Crippen molar-refractivity contribution < 1.29 is 4.52 Å². The minimum absolute atomic E-state index is 0.490.